The Morgan fingerprint density at radius 1 is 1.44 bits per heavy atom. The van der Waals surface area contributed by atoms with Gasteiger partial charge in [0.2, 0.25) is 5.91 Å². The van der Waals surface area contributed by atoms with Crippen molar-refractivity contribution in [2.75, 3.05) is 23.0 Å². The largest absolute Gasteiger partial charge is 0.310 e. The van der Waals surface area contributed by atoms with Crippen LogP contribution in [0.4, 0.5) is 5.69 Å². The van der Waals surface area contributed by atoms with Gasteiger partial charge in [0.05, 0.1) is 6.04 Å². The summed E-state index contributed by atoms with van der Waals surface area (Å²) >= 11 is 1.87. The third-order valence-electron chi connectivity index (χ3n) is 3.18. The Hall–Kier alpha value is -1.00. The van der Waals surface area contributed by atoms with Gasteiger partial charge < -0.3 is 10.2 Å². The Morgan fingerprint density at radius 3 is 3.00 bits per heavy atom. The summed E-state index contributed by atoms with van der Waals surface area (Å²) in [6.45, 7) is 5.64. The number of rotatable bonds is 4. The molecule has 2 rings (SSSR count). The monoisotopic (exact) mass is 264 g/mol. The van der Waals surface area contributed by atoms with E-state index in [-0.39, 0.29) is 11.9 Å². The van der Waals surface area contributed by atoms with E-state index in [4.69, 9.17) is 0 Å². The van der Waals surface area contributed by atoms with Gasteiger partial charge in [0.1, 0.15) is 0 Å². The van der Waals surface area contributed by atoms with Gasteiger partial charge in [0.15, 0.2) is 0 Å². The highest BCUT2D eigenvalue weighted by atomic mass is 32.2. The summed E-state index contributed by atoms with van der Waals surface area (Å²) in [4.78, 5) is 14.3. The molecule has 0 aromatic heterocycles. The minimum atomic E-state index is -0.107. The molecule has 0 radical (unpaired) electrons. The van der Waals surface area contributed by atoms with Crippen LogP contribution in [0.5, 0.6) is 0 Å². The molecular formula is C14H20N2OS. The summed E-state index contributed by atoms with van der Waals surface area (Å²) in [5, 5.41) is 3.27. The zero-order valence-corrected chi connectivity index (χ0v) is 11.8. The summed E-state index contributed by atoms with van der Waals surface area (Å²) in [6, 6.07) is 8.06. The van der Waals surface area contributed by atoms with Crippen molar-refractivity contribution < 1.29 is 4.79 Å². The van der Waals surface area contributed by atoms with E-state index in [1.165, 1.54) is 5.56 Å². The number of amides is 1. The summed E-state index contributed by atoms with van der Waals surface area (Å²) in [7, 11) is 0. The van der Waals surface area contributed by atoms with Crippen molar-refractivity contribution in [2.45, 2.75) is 26.4 Å². The number of carbonyl (C=O) groups excluding carboxylic acids is 1. The minimum absolute atomic E-state index is 0.107. The van der Waals surface area contributed by atoms with E-state index in [1.54, 1.807) is 0 Å². The van der Waals surface area contributed by atoms with Crippen molar-refractivity contribution >= 4 is 23.4 Å². The fourth-order valence-electron chi connectivity index (χ4n) is 2.16. The molecule has 1 aromatic carbocycles. The van der Waals surface area contributed by atoms with Crippen LogP contribution in [0, 0.1) is 0 Å². The molecule has 1 aromatic rings. The second kappa shape index (κ2) is 6.25. The van der Waals surface area contributed by atoms with E-state index in [2.05, 4.69) is 18.3 Å². The first kappa shape index (κ1) is 13.4. The molecule has 0 fully saturated rings. The Balaban J connectivity index is 2.23. The minimum Gasteiger partial charge on any atom is -0.310 e. The van der Waals surface area contributed by atoms with Gasteiger partial charge in [-0.2, -0.15) is 11.8 Å². The van der Waals surface area contributed by atoms with E-state index in [9.17, 15) is 4.79 Å². The Labute approximate surface area is 113 Å². The average molecular weight is 264 g/mol. The van der Waals surface area contributed by atoms with Gasteiger partial charge in [-0.1, -0.05) is 25.1 Å². The second-order valence-corrected chi connectivity index (χ2v) is 5.81. The first-order valence-electron chi connectivity index (χ1n) is 6.44. The number of para-hydroxylation sites is 1. The van der Waals surface area contributed by atoms with E-state index >= 15 is 0 Å². The normalized spacial score (nSPS) is 19.6. The van der Waals surface area contributed by atoms with Crippen LogP contribution in [-0.4, -0.2) is 30.0 Å². The van der Waals surface area contributed by atoms with Crippen molar-refractivity contribution in [1.82, 2.24) is 5.32 Å². The molecule has 0 aliphatic carbocycles. The van der Waals surface area contributed by atoms with Gasteiger partial charge in [-0.15, -0.1) is 0 Å². The summed E-state index contributed by atoms with van der Waals surface area (Å²) in [5.41, 5.74) is 2.27. The number of benzene rings is 1. The van der Waals surface area contributed by atoms with E-state index in [1.807, 2.05) is 41.8 Å². The van der Waals surface area contributed by atoms with Crippen LogP contribution in [0.2, 0.25) is 0 Å². The first-order chi connectivity index (χ1) is 8.74. The summed E-state index contributed by atoms with van der Waals surface area (Å²) in [6.07, 6.45) is 0. The number of nitrogens with zero attached hydrogens (tertiary/aromatic N) is 1. The third-order valence-corrected chi connectivity index (χ3v) is 4.06. The van der Waals surface area contributed by atoms with Crippen LogP contribution >= 0.6 is 11.8 Å². The van der Waals surface area contributed by atoms with Gasteiger partial charge >= 0.3 is 0 Å². The van der Waals surface area contributed by atoms with Crippen molar-refractivity contribution in [3.63, 3.8) is 0 Å². The van der Waals surface area contributed by atoms with Crippen LogP contribution < -0.4 is 10.2 Å². The molecule has 1 unspecified atom stereocenters. The molecule has 0 saturated heterocycles. The molecule has 1 atom stereocenters. The second-order valence-electron chi connectivity index (χ2n) is 4.42. The van der Waals surface area contributed by atoms with Gasteiger partial charge in [0.25, 0.3) is 0 Å². The number of carbonyl (C=O) groups is 1. The molecule has 3 nitrogen and oxygen atoms in total. The summed E-state index contributed by atoms with van der Waals surface area (Å²) < 4.78 is 0. The van der Waals surface area contributed by atoms with Crippen LogP contribution in [0.15, 0.2) is 24.3 Å². The Kier molecular flexibility index (Phi) is 4.66. The maximum atomic E-state index is 12.4. The van der Waals surface area contributed by atoms with Crippen LogP contribution in [-0.2, 0) is 11.3 Å². The molecule has 1 N–H and O–H groups in total. The lowest BCUT2D eigenvalue weighted by Crippen LogP contribution is -2.43. The van der Waals surface area contributed by atoms with Crippen molar-refractivity contribution in [3.8, 4) is 0 Å². The number of hydrogen-bond donors (Lipinski definition) is 1. The van der Waals surface area contributed by atoms with Gasteiger partial charge in [0, 0.05) is 24.5 Å². The molecule has 0 saturated carbocycles. The lowest BCUT2D eigenvalue weighted by Gasteiger charge is -2.24. The zero-order chi connectivity index (χ0) is 13.0. The standard InChI is InChI=1S/C14H20N2OS/c1-3-18-9-8-16-13-7-5-4-6-12(13)10-15-11(2)14(16)17/h4-7,11,15H,3,8-10H2,1-2H3. The SMILES string of the molecule is CCSCCN1C(=O)C(C)NCc2ccccc21. The lowest BCUT2D eigenvalue weighted by molar-refractivity contribution is -0.120. The molecule has 1 aliphatic rings. The number of fused-ring (bicyclic) bond motifs is 1. The maximum absolute atomic E-state index is 12.4. The zero-order valence-electron chi connectivity index (χ0n) is 11.0. The smallest absolute Gasteiger partial charge is 0.243 e. The van der Waals surface area contributed by atoms with Crippen molar-refractivity contribution in [2.24, 2.45) is 0 Å². The molecule has 0 spiro atoms. The highest BCUT2D eigenvalue weighted by molar-refractivity contribution is 7.99. The highest BCUT2D eigenvalue weighted by Gasteiger charge is 2.26. The number of thioether (sulfide) groups is 1. The fraction of sp³-hybridized carbons (Fsp3) is 0.500. The maximum Gasteiger partial charge on any atom is 0.243 e. The van der Waals surface area contributed by atoms with Crippen LogP contribution in [0.25, 0.3) is 0 Å². The number of hydrogen-bond acceptors (Lipinski definition) is 3. The third kappa shape index (κ3) is 2.87. The topological polar surface area (TPSA) is 32.3 Å². The molecule has 98 valence electrons. The first-order valence-corrected chi connectivity index (χ1v) is 7.60. The quantitative estimate of drug-likeness (QED) is 0.847. The lowest BCUT2D eigenvalue weighted by atomic mass is 10.1. The molecule has 1 amide bonds. The Bertz CT molecular complexity index is 422. The van der Waals surface area contributed by atoms with E-state index in [0.717, 1.165) is 30.3 Å². The predicted octanol–water partition coefficient (Wildman–Crippen LogP) is 2.26. The van der Waals surface area contributed by atoms with Gasteiger partial charge in [-0.3, -0.25) is 4.79 Å². The average Bonchev–Trinajstić information content (AvgIpc) is 2.51. The Morgan fingerprint density at radius 2 is 2.22 bits per heavy atom. The number of anilines is 1. The fourth-order valence-corrected chi connectivity index (χ4v) is 2.76. The van der Waals surface area contributed by atoms with E-state index in [0.29, 0.717) is 0 Å². The molecule has 0 bridgehead atoms. The predicted molar refractivity (Wildman–Crippen MR) is 78.1 cm³/mol. The molecule has 18 heavy (non-hydrogen) atoms. The molecule has 1 heterocycles. The molecule has 4 heteroatoms. The van der Waals surface area contributed by atoms with Crippen LogP contribution in [0.3, 0.4) is 0 Å². The number of nitrogens with one attached hydrogen (secondary N) is 1. The molecule has 1 aliphatic heterocycles. The summed E-state index contributed by atoms with van der Waals surface area (Å²) in [5.74, 6) is 2.26. The van der Waals surface area contributed by atoms with Crippen molar-refractivity contribution in [3.05, 3.63) is 29.8 Å². The van der Waals surface area contributed by atoms with Gasteiger partial charge in [-0.25, -0.2) is 0 Å². The van der Waals surface area contributed by atoms with Crippen molar-refractivity contribution in [1.29, 1.82) is 0 Å². The highest BCUT2D eigenvalue weighted by Crippen LogP contribution is 2.24. The van der Waals surface area contributed by atoms with Crippen LogP contribution in [0.1, 0.15) is 19.4 Å². The van der Waals surface area contributed by atoms with E-state index < -0.39 is 0 Å². The van der Waals surface area contributed by atoms with Gasteiger partial charge in [-0.05, 0) is 24.3 Å². The molecular weight excluding hydrogens is 244 g/mol.